The van der Waals surface area contributed by atoms with E-state index in [1.54, 1.807) is 28.8 Å². The van der Waals surface area contributed by atoms with Crippen molar-refractivity contribution in [1.82, 2.24) is 25.0 Å². The van der Waals surface area contributed by atoms with Crippen molar-refractivity contribution >= 4 is 57.8 Å². The molecule has 3 saturated heterocycles. The van der Waals surface area contributed by atoms with Crippen LogP contribution in [0.3, 0.4) is 0 Å². The van der Waals surface area contributed by atoms with Crippen molar-refractivity contribution in [3.63, 3.8) is 0 Å². The number of hydrogen-bond donors (Lipinski definition) is 2. The molecule has 1 unspecified atom stereocenters. The second-order valence-corrected chi connectivity index (χ2v) is 20.3. The number of carbonyl (C=O) groups excluding carboxylic acids is 5. The summed E-state index contributed by atoms with van der Waals surface area (Å²) in [4.78, 5) is 77.2. The van der Waals surface area contributed by atoms with E-state index in [0.717, 1.165) is 83.6 Å². The van der Waals surface area contributed by atoms with E-state index in [9.17, 15) is 29.2 Å². The molecule has 17 heteroatoms. The van der Waals surface area contributed by atoms with Crippen molar-refractivity contribution < 1.29 is 42.9 Å². The molecule has 1 aromatic heterocycles. The number of imide groups is 1. The average Bonchev–Trinajstić information content (AvgIpc) is 3.94. The topological polar surface area (TPSA) is 187 Å². The number of piperidine rings is 2. The van der Waals surface area contributed by atoms with Crippen LogP contribution >= 0.6 is 11.8 Å². The molecule has 4 amide bonds. The number of H-pyrrole nitrogens is 1. The summed E-state index contributed by atoms with van der Waals surface area (Å²) in [5.74, 6) is -0.157. The van der Waals surface area contributed by atoms with Crippen LogP contribution in [0.4, 0.5) is 5.69 Å². The van der Waals surface area contributed by atoms with Crippen LogP contribution in [0.5, 0.6) is 0 Å². The highest BCUT2D eigenvalue weighted by atomic mass is 32.2. The van der Waals surface area contributed by atoms with Gasteiger partial charge in [0.25, 0.3) is 5.91 Å². The Balaban J connectivity index is 0.619. The van der Waals surface area contributed by atoms with E-state index in [1.165, 1.54) is 11.3 Å². The zero-order valence-electron chi connectivity index (χ0n) is 40.4. The van der Waals surface area contributed by atoms with Crippen molar-refractivity contribution in [2.75, 3.05) is 103 Å². The molecule has 70 heavy (non-hydrogen) atoms. The Morgan fingerprint density at radius 1 is 0.843 bits per heavy atom. The number of ether oxygens (including phenoxy) is 4. The van der Waals surface area contributed by atoms with Crippen LogP contribution in [-0.2, 0) is 51.7 Å². The Bertz CT molecular complexity index is 2680. The van der Waals surface area contributed by atoms with Gasteiger partial charge in [0.15, 0.2) is 5.78 Å². The van der Waals surface area contributed by atoms with Crippen molar-refractivity contribution in [3.05, 3.63) is 93.2 Å². The number of aromatic amines is 1. The highest BCUT2D eigenvalue weighted by Gasteiger charge is 2.42. The van der Waals surface area contributed by atoms with Gasteiger partial charge in [0.05, 0.1) is 63.4 Å². The number of aromatic nitrogens is 1. The van der Waals surface area contributed by atoms with Gasteiger partial charge in [0, 0.05) is 108 Å². The predicted octanol–water partition coefficient (Wildman–Crippen LogP) is 5.20. The van der Waals surface area contributed by atoms with E-state index in [2.05, 4.69) is 59.1 Å². The molecule has 5 heterocycles. The van der Waals surface area contributed by atoms with Gasteiger partial charge in [-0.1, -0.05) is 32.9 Å². The van der Waals surface area contributed by atoms with Gasteiger partial charge in [-0.25, -0.2) is 0 Å². The fraction of sp³-hybridized carbons (Fsp3) is 0.509. The summed E-state index contributed by atoms with van der Waals surface area (Å²) in [5, 5.41) is 12.7. The van der Waals surface area contributed by atoms with E-state index >= 15 is 0 Å². The third kappa shape index (κ3) is 10.3. The van der Waals surface area contributed by atoms with Gasteiger partial charge >= 0.3 is 0 Å². The van der Waals surface area contributed by atoms with Gasteiger partial charge in [0.2, 0.25) is 17.7 Å². The zero-order valence-corrected chi connectivity index (χ0v) is 41.3. The van der Waals surface area contributed by atoms with Crippen LogP contribution in [0.1, 0.15) is 101 Å². The Hall–Kier alpha value is -5.61. The number of fused-ring (bicyclic) bond motifs is 5. The number of carbonyl (C=O) groups is 5. The normalized spacial score (nSPS) is 19.3. The minimum absolute atomic E-state index is 0.00259. The first-order valence-corrected chi connectivity index (χ1v) is 25.7. The summed E-state index contributed by atoms with van der Waals surface area (Å²) < 4.78 is 22.7. The van der Waals surface area contributed by atoms with E-state index in [-0.39, 0.29) is 36.5 Å². The second kappa shape index (κ2) is 21.8. The monoisotopic (exact) mass is 973 g/mol. The first-order valence-electron chi connectivity index (χ1n) is 24.7. The smallest absolute Gasteiger partial charge is 0.255 e. The number of nitrogens with zero attached hydrogens (tertiary/aromatic N) is 5. The van der Waals surface area contributed by atoms with Crippen molar-refractivity contribution in [1.29, 1.82) is 5.26 Å². The third-order valence-electron chi connectivity index (χ3n) is 14.7. The van der Waals surface area contributed by atoms with Crippen LogP contribution < -0.4 is 10.2 Å². The molecule has 5 aliphatic rings. The number of nitriles is 1. The van der Waals surface area contributed by atoms with Crippen LogP contribution in [0, 0.1) is 11.3 Å². The van der Waals surface area contributed by atoms with Crippen LogP contribution in [0.2, 0.25) is 0 Å². The first kappa shape index (κ1) is 49.4. The molecule has 3 aromatic carbocycles. The second-order valence-electron chi connectivity index (χ2n) is 19.1. The lowest BCUT2D eigenvalue weighted by molar-refractivity contribution is -0.139. The summed E-state index contributed by atoms with van der Waals surface area (Å²) in [7, 11) is 0. The Morgan fingerprint density at radius 2 is 1.56 bits per heavy atom. The molecular weight excluding hydrogens is 911 g/mol. The van der Waals surface area contributed by atoms with Crippen molar-refractivity contribution in [2.24, 2.45) is 0 Å². The Kier molecular flexibility index (Phi) is 15.4. The minimum atomic E-state index is -0.634. The maximum Gasteiger partial charge on any atom is 0.255 e. The number of benzene rings is 3. The summed E-state index contributed by atoms with van der Waals surface area (Å²) in [6.07, 6.45) is 3.46. The molecular formula is C53H63N7O9S. The standard InChI is InChI=1S/C53H63N7O9S/c1-4-35-29-39-41(53(2,3)50-48(49(39)63)38-9-8-34(31-54)28-42(38)55-50)30-44(35)58-14-12-36(13-15-58)57-16-18-59(19-17-57)47(62)33-69-25-24-67-21-20-66-22-23-68-26-27-70-45-7-5-6-37-40(45)32-60(52(37)65)43-10-11-46(61)56-51(43)64/h5-9,28-30,36,43,55H,4,10-27,32-33H2,1-3H3,(H,56,61,64). The number of hydrogen-bond acceptors (Lipinski definition) is 13. The number of anilines is 1. The lowest BCUT2D eigenvalue weighted by Gasteiger charge is -2.44. The number of aryl methyl sites for hydroxylation is 1. The fourth-order valence-electron chi connectivity index (χ4n) is 10.8. The molecule has 16 nitrogen and oxygen atoms in total. The molecule has 4 aromatic rings. The molecule has 2 N–H and O–H groups in total. The van der Waals surface area contributed by atoms with Gasteiger partial charge in [0.1, 0.15) is 12.6 Å². The molecule has 1 aliphatic carbocycles. The lowest BCUT2D eigenvalue weighted by atomic mass is 9.70. The number of piperazine rings is 1. The summed E-state index contributed by atoms with van der Waals surface area (Å²) >= 11 is 1.61. The van der Waals surface area contributed by atoms with Gasteiger partial charge in [-0.3, -0.25) is 34.2 Å². The van der Waals surface area contributed by atoms with Crippen molar-refractivity contribution in [3.8, 4) is 6.07 Å². The first-order chi connectivity index (χ1) is 34.0. The van der Waals surface area contributed by atoms with E-state index < -0.39 is 17.4 Å². The molecule has 0 radical (unpaired) electrons. The molecule has 0 bridgehead atoms. The number of nitrogens with one attached hydrogen (secondary N) is 2. The SMILES string of the molecule is CCc1cc2c(cc1N1CCC(N3CCN(C(=O)COCCOCCOCCOCCSc4cccc5c4CN(C4CCC(=O)NC4=O)C5=O)CC3)CC1)C(C)(C)c1[nH]c3cc(C#N)ccc3c1C2=O. The van der Waals surface area contributed by atoms with Gasteiger partial charge in [-0.05, 0) is 78.8 Å². The molecule has 1 atom stereocenters. The summed E-state index contributed by atoms with van der Waals surface area (Å²) in [5.41, 5.74) is 8.30. The molecule has 0 saturated carbocycles. The molecule has 3 fully saturated rings. The molecule has 9 rings (SSSR count). The number of amides is 4. The largest absolute Gasteiger partial charge is 0.378 e. The van der Waals surface area contributed by atoms with Gasteiger partial charge < -0.3 is 38.6 Å². The Morgan fingerprint density at radius 3 is 2.26 bits per heavy atom. The van der Waals surface area contributed by atoms with Gasteiger partial charge in [-0.2, -0.15) is 5.26 Å². The van der Waals surface area contributed by atoms with E-state index in [0.29, 0.717) is 101 Å². The van der Waals surface area contributed by atoms with Crippen LogP contribution in [-0.4, -0.2) is 159 Å². The van der Waals surface area contributed by atoms with Crippen LogP contribution in [0.25, 0.3) is 10.9 Å². The lowest BCUT2D eigenvalue weighted by Crippen LogP contribution is -2.55. The number of ketones is 1. The summed E-state index contributed by atoms with van der Waals surface area (Å²) in [6, 6.07) is 17.6. The highest BCUT2D eigenvalue weighted by molar-refractivity contribution is 7.99. The zero-order chi connectivity index (χ0) is 48.9. The third-order valence-corrected chi connectivity index (χ3v) is 15.7. The van der Waals surface area contributed by atoms with E-state index in [4.69, 9.17) is 18.9 Å². The highest BCUT2D eigenvalue weighted by Crippen LogP contribution is 2.46. The van der Waals surface area contributed by atoms with Gasteiger partial charge in [-0.15, -0.1) is 11.8 Å². The van der Waals surface area contributed by atoms with E-state index in [1.807, 2.05) is 29.2 Å². The van der Waals surface area contributed by atoms with Crippen molar-refractivity contribution in [2.45, 2.75) is 81.8 Å². The summed E-state index contributed by atoms with van der Waals surface area (Å²) in [6.45, 7) is 14.7. The quantitative estimate of drug-likeness (QED) is 0.0710. The average molecular weight is 974 g/mol. The number of rotatable bonds is 19. The Labute approximate surface area is 413 Å². The predicted molar refractivity (Wildman–Crippen MR) is 264 cm³/mol. The maximum atomic E-state index is 14.1. The molecule has 370 valence electrons. The fourth-order valence-corrected chi connectivity index (χ4v) is 11.7. The van der Waals surface area contributed by atoms with Crippen LogP contribution in [0.15, 0.2) is 53.4 Å². The maximum absolute atomic E-state index is 14.1. The minimum Gasteiger partial charge on any atom is -0.378 e. The molecule has 0 spiro atoms. The number of thioether (sulfide) groups is 1. The molecule has 4 aliphatic heterocycles.